The minimum absolute atomic E-state index is 0.272. The van der Waals surface area contributed by atoms with Gasteiger partial charge in [0.1, 0.15) is 10.6 Å². The molecule has 104 valence electrons. The Kier molecular flexibility index (Phi) is 4.03. The quantitative estimate of drug-likeness (QED) is 0.519. The monoisotopic (exact) mass is 406 g/mol. The molecule has 0 spiro atoms. The van der Waals surface area contributed by atoms with E-state index in [9.17, 15) is 0 Å². The first-order chi connectivity index (χ1) is 10.1. The summed E-state index contributed by atoms with van der Waals surface area (Å²) in [6.07, 6.45) is 0. The molecule has 1 heterocycles. The van der Waals surface area contributed by atoms with Gasteiger partial charge >= 0.3 is 0 Å². The molecule has 3 nitrogen and oxygen atoms in total. The van der Waals surface area contributed by atoms with Gasteiger partial charge in [-0.3, -0.25) is 0 Å². The van der Waals surface area contributed by atoms with Crippen molar-refractivity contribution in [2.45, 2.75) is 0 Å². The van der Waals surface area contributed by atoms with E-state index in [4.69, 9.17) is 22.4 Å². The number of thiocarbonyl (C=S) groups is 1. The van der Waals surface area contributed by atoms with Crippen LogP contribution in [0, 0.1) is 3.57 Å². The van der Waals surface area contributed by atoms with Crippen molar-refractivity contribution in [3.05, 3.63) is 69.3 Å². The standard InChI is InChI=1S/C16H11IN2OS/c17-12-6-2-3-7-13(12)19-16-11(15(18)21)9-10-5-1-4-8-14(10)20-16/h1-9H,(H2,18,21). The zero-order valence-corrected chi connectivity index (χ0v) is 13.9. The van der Waals surface area contributed by atoms with Gasteiger partial charge in [-0.15, -0.1) is 0 Å². The maximum atomic E-state index is 5.88. The van der Waals surface area contributed by atoms with Crippen molar-refractivity contribution in [2.24, 2.45) is 10.7 Å². The number of rotatable bonds is 2. The zero-order valence-electron chi connectivity index (χ0n) is 10.9. The molecule has 0 radical (unpaired) electrons. The molecular weight excluding hydrogens is 395 g/mol. The highest BCUT2D eigenvalue weighted by Gasteiger charge is 2.07. The molecule has 0 amide bonds. The minimum atomic E-state index is 0.272. The average molecular weight is 406 g/mol. The van der Waals surface area contributed by atoms with Crippen molar-refractivity contribution in [3.8, 4) is 0 Å². The summed E-state index contributed by atoms with van der Waals surface area (Å²) in [6, 6.07) is 17.4. The number of nitrogens with zero attached hydrogens (tertiary/aromatic N) is 1. The van der Waals surface area contributed by atoms with Crippen LogP contribution in [0.1, 0.15) is 5.56 Å². The van der Waals surface area contributed by atoms with Crippen molar-refractivity contribution in [1.29, 1.82) is 0 Å². The molecule has 21 heavy (non-hydrogen) atoms. The largest absolute Gasteiger partial charge is 0.438 e. The van der Waals surface area contributed by atoms with E-state index in [0.29, 0.717) is 11.1 Å². The van der Waals surface area contributed by atoms with Crippen LogP contribution in [-0.2, 0) is 0 Å². The first-order valence-corrected chi connectivity index (χ1v) is 7.76. The third-order valence-electron chi connectivity index (χ3n) is 3.00. The highest BCUT2D eigenvalue weighted by Crippen LogP contribution is 2.20. The molecule has 1 aromatic heterocycles. The molecule has 0 aliphatic rings. The molecule has 0 saturated carbocycles. The van der Waals surface area contributed by atoms with Gasteiger partial charge in [0.05, 0.1) is 11.3 Å². The second-order valence-corrected chi connectivity index (χ2v) is 6.03. The summed E-state index contributed by atoms with van der Waals surface area (Å²) in [5.41, 5.74) is 8.46. The Morgan fingerprint density at radius 1 is 1.10 bits per heavy atom. The summed E-state index contributed by atoms with van der Waals surface area (Å²) in [5, 5.41) is 0.946. The molecule has 0 saturated heterocycles. The first-order valence-electron chi connectivity index (χ1n) is 6.27. The van der Waals surface area contributed by atoms with Crippen molar-refractivity contribution >= 4 is 56.5 Å². The lowest BCUT2D eigenvalue weighted by Gasteiger charge is -2.03. The number of halogens is 1. The maximum absolute atomic E-state index is 5.88. The predicted octanol–water partition coefficient (Wildman–Crippen LogP) is 3.90. The number of fused-ring (bicyclic) bond motifs is 1. The number of hydrogen-bond donors (Lipinski definition) is 1. The average Bonchev–Trinajstić information content (AvgIpc) is 2.48. The number of nitrogens with two attached hydrogens (primary N) is 1. The molecular formula is C16H11IN2OS. The van der Waals surface area contributed by atoms with Gasteiger partial charge in [-0.2, -0.15) is 0 Å². The van der Waals surface area contributed by atoms with E-state index >= 15 is 0 Å². The van der Waals surface area contributed by atoms with E-state index in [1.807, 2.05) is 54.6 Å². The maximum Gasteiger partial charge on any atom is 0.230 e. The Morgan fingerprint density at radius 2 is 1.81 bits per heavy atom. The van der Waals surface area contributed by atoms with E-state index in [1.54, 1.807) is 0 Å². The van der Waals surface area contributed by atoms with Gasteiger partial charge in [-0.1, -0.05) is 42.5 Å². The van der Waals surface area contributed by atoms with Crippen LogP contribution < -0.4 is 11.3 Å². The van der Waals surface area contributed by atoms with E-state index in [1.165, 1.54) is 0 Å². The zero-order chi connectivity index (χ0) is 14.8. The van der Waals surface area contributed by atoms with Crippen LogP contribution in [-0.4, -0.2) is 4.99 Å². The Labute approximate surface area is 140 Å². The van der Waals surface area contributed by atoms with Crippen LogP contribution in [0.25, 0.3) is 11.0 Å². The van der Waals surface area contributed by atoms with Gasteiger partial charge in [-0.25, -0.2) is 4.99 Å². The van der Waals surface area contributed by atoms with Gasteiger partial charge in [0.25, 0.3) is 0 Å². The van der Waals surface area contributed by atoms with Gasteiger partial charge in [0.15, 0.2) is 0 Å². The molecule has 2 N–H and O–H groups in total. The molecule has 0 fully saturated rings. The van der Waals surface area contributed by atoms with Crippen molar-refractivity contribution in [2.75, 3.05) is 0 Å². The lowest BCUT2D eigenvalue weighted by Crippen LogP contribution is -2.20. The van der Waals surface area contributed by atoms with Crippen molar-refractivity contribution in [3.63, 3.8) is 0 Å². The molecule has 0 atom stereocenters. The highest BCUT2D eigenvalue weighted by atomic mass is 127. The van der Waals surface area contributed by atoms with Crippen molar-refractivity contribution in [1.82, 2.24) is 0 Å². The first kappa shape index (κ1) is 14.2. The third kappa shape index (κ3) is 2.98. The summed E-state index contributed by atoms with van der Waals surface area (Å²) in [6.45, 7) is 0. The Balaban J connectivity index is 2.32. The molecule has 0 aliphatic carbocycles. The Morgan fingerprint density at radius 3 is 2.57 bits per heavy atom. The van der Waals surface area contributed by atoms with Crippen LogP contribution in [0.5, 0.6) is 0 Å². The third-order valence-corrected chi connectivity index (χ3v) is 4.13. The Hall–Kier alpha value is -1.73. The van der Waals surface area contributed by atoms with E-state index in [0.717, 1.165) is 20.2 Å². The molecule has 5 heteroatoms. The molecule has 3 aromatic rings. The molecule has 3 rings (SSSR count). The van der Waals surface area contributed by atoms with Crippen LogP contribution >= 0.6 is 34.8 Å². The van der Waals surface area contributed by atoms with Gasteiger partial charge in [0.2, 0.25) is 5.55 Å². The molecule has 2 aromatic carbocycles. The van der Waals surface area contributed by atoms with Crippen LogP contribution in [0.15, 0.2) is 64.0 Å². The Bertz CT molecular complexity index is 902. The molecule has 0 aliphatic heterocycles. The van der Waals surface area contributed by atoms with Gasteiger partial charge in [-0.05, 0) is 46.9 Å². The summed E-state index contributed by atoms with van der Waals surface area (Å²) in [5.74, 6) is 0. The minimum Gasteiger partial charge on any atom is -0.438 e. The number of hydrogen-bond acceptors (Lipinski definition) is 3. The number of para-hydroxylation sites is 2. The second kappa shape index (κ2) is 5.95. The van der Waals surface area contributed by atoms with Crippen LogP contribution in [0.3, 0.4) is 0 Å². The van der Waals surface area contributed by atoms with E-state index in [-0.39, 0.29) is 4.99 Å². The topological polar surface area (TPSA) is 51.5 Å². The predicted molar refractivity (Wildman–Crippen MR) is 96.5 cm³/mol. The summed E-state index contributed by atoms with van der Waals surface area (Å²) >= 11 is 7.35. The van der Waals surface area contributed by atoms with Gasteiger partial charge in [0, 0.05) is 8.96 Å². The normalized spacial score (nSPS) is 11.8. The summed E-state index contributed by atoms with van der Waals surface area (Å²) in [7, 11) is 0. The fourth-order valence-corrected chi connectivity index (χ4v) is 2.63. The molecule has 0 bridgehead atoms. The van der Waals surface area contributed by atoms with Crippen molar-refractivity contribution < 1.29 is 4.42 Å². The second-order valence-electron chi connectivity index (χ2n) is 4.43. The SMILES string of the molecule is NC(=S)c1cc2ccccc2oc1=Nc1ccccc1I. The fraction of sp³-hybridized carbons (Fsp3) is 0. The van der Waals surface area contributed by atoms with Gasteiger partial charge < -0.3 is 10.2 Å². The molecule has 0 unspecified atom stereocenters. The fourth-order valence-electron chi connectivity index (χ4n) is 1.98. The highest BCUT2D eigenvalue weighted by molar-refractivity contribution is 14.1. The van der Waals surface area contributed by atoms with E-state index < -0.39 is 0 Å². The smallest absolute Gasteiger partial charge is 0.230 e. The number of benzene rings is 2. The summed E-state index contributed by atoms with van der Waals surface area (Å²) in [4.78, 5) is 4.84. The van der Waals surface area contributed by atoms with Crippen LogP contribution in [0.4, 0.5) is 5.69 Å². The van der Waals surface area contributed by atoms with E-state index in [2.05, 4.69) is 27.6 Å². The summed E-state index contributed by atoms with van der Waals surface area (Å²) < 4.78 is 6.91. The van der Waals surface area contributed by atoms with Crippen LogP contribution in [0.2, 0.25) is 0 Å². The lowest BCUT2D eigenvalue weighted by atomic mass is 10.2. The lowest BCUT2D eigenvalue weighted by molar-refractivity contribution is 0.543.